The van der Waals surface area contributed by atoms with Crippen molar-refractivity contribution in [3.8, 4) is 0 Å². The zero-order valence-corrected chi connectivity index (χ0v) is 15.1. The molecule has 3 rings (SSSR count). The summed E-state index contributed by atoms with van der Waals surface area (Å²) >= 11 is 5.75. The Hall–Kier alpha value is -0.140. The fourth-order valence-corrected chi connectivity index (χ4v) is 4.07. The van der Waals surface area contributed by atoms with Crippen LogP contribution in [0, 0.1) is 3.57 Å². The molecule has 2 aliphatic rings. The first-order valence-corrected chi connectivity index (χ1v) is 9.01. The van der Waals surface area contributed by atoms with E-state index in [1.807, 2.05) is 23.1 Å². The second-order valence-electron chi connectivity index (χ2n) is 5.56. The molecule has 2 heterocycles. The maximum Gasteiger partial charge on any atom is 0.255 e. The van der Waals surface area contributed by atoms with Crippen LogP contribution in [0.1, 0.15) is 29.6 Å². The summed E-state index contributed by atoms with van der Waals surface area (Å²) in [7, 11) is 0. The molecule has 1 amide bonds. The minimum Gasteiger partial charge on any atom is -0.337 e. The summed E-state index contributed by atoms with van der Waals surface area (Å²) in [5.74, 6) is 0.164. The van der Waals surface area contributed by atoms with Crippen LogP contribution in [0.2, 0.25) is 0 Å². The van der Waals surface area contributed by atoms with Crippen LogP contribution in [0.15, 0.2) is 22.7 Å². The van der Waals surface area contributed by atoms with Crippen LogP contribution in [-0.4, -0.2) is 47.9 Å². The minimum atomic E-state index is 0.164. The molecule has 1 atom stereocenters. The largest absolute Gasteiger partial charge is 0.337 e. The molecule has 0 radical (unpaired) electrons. The van der Waals surface area contributed by atoms with E-state index in [2.05, 4.69) is 43.4 Å². The van der Waals surface area contributed by atoms with E-state index in [4.69, 9.17) is 0 Å². The number of benzene rings is 1. The standard InChI is InChI=1S/C15H18BrIN2O/c16-14-4-3-11(17)9-13(14)15(20)19-8-5-12(10-19)18-6-1-2-7-18/h3-4,9,12H,1-2,5-8,10H2. The average molecular weight is 449 g/mol. The van der Waals surface area contributed by atoms with E-state index in [1.54, 1.807) is 0 Å². The van der Waals surface area contributed by atoms with E-state index in [0.717, 1.165) is 33.1 Å². The van der Waals surface area contributed by atoms with E-state index in [-0.39, 0.29) is 5.91 Å². The third-order valence-electron chi connectivity index (χ3n) is 4.27. The molecular formula is C15H18BrIN2O. The highest BCUT2D eigenvalue weighted by atomic mass is 127. The number of carbonyl (C=O) groups excluding carboxylic acids is 1. The van der Waals surface area contributed by atoms with Crippen LogP contribution < -0.4 is 0 Å². The molecular weight excluding hydrogens is 431 g/mol. The summed E-state index contributed by atoms with van der Waals surface area (Å²) in [5, 5.41) is 0. The van der Waals surface area contributed by atoms with Crippen molar-refractivity contribution in [1.29, 1.82) is 0 Å². The van der Waals surface area contributed by atoms with Crippen LogP contribution in [0.3, 0.4) is 0 Å². The normalized spacial score (nSPS) is 23.5. The van der Waals surface area contributed by atoms with Gasteiger partial charge in [-0.15, -0.1) is 0 Å². The number of likely N-dealkylation sites (tertiary alicyclic amines) is 2. The lowest BCUT2D eigenvalue weighted by molar-refractivity contribution is 0.0779. The minimum absolute atomic E-state index is 0.164. The third kappa shape index (κ3) is 3.04. The number of amides is 1. The Morgan fingerprint density at radius 2 is 2.00 bits per heavy atom. The highest BCUT2D eigenvalue weighted by molar-refractivity contribution is 14.1. The second-order valence-corrected chi connectivity index (χ2v) is 7.66. The van der Waals surface area contributed by atoms with Crippen LogP contribution >= 0.6 is 38.5 Å². The molecule has 108 valence electrons. The van der Waals surface area contributed by atoms with Crippen LogP contribution in [0.5, 0.6) is 0 Å². The first-order valence-electron chi connectivity index (χ1n) is 7.13. The Bertz CT molecular complexity index is 517. The lowest BCUT2D eigenvalue weighted by atomic mass is 10.2. The number of halogens is 2. The van der Waals surface area contributed by atoms with Crippen LogP contribution in [-0.2, 0) is 0 Å². The van der Waals surface area contributed by atoms with Gasteiger partial charge in [-0.2, -0.15) is 0 Å². The van der Waals surface area contributed by atoms with Gasteiger partial charge in [-0.3, -0.25) is 9.69 Å². The highest BCUT2D eigenvalue weighted by Gasteiger charge is 2.32. The first-order chi connectivity index (χ1) is 9.65. The molecule has 0 N–H and O–H groups in total. The van der Waals surface area contributed by atoms with Gasteiger partial charge in [0.15, 0.2) is 0 Å². The molecule has 0 bridgehead atoms. The number of carbonyl (C=O) groups is 1. The fourth-order valence-electron chi connectivity index (χ4n) is 3.16. The van der Waals surface area contributed by atoms with Crippen molar-refractivity contribution >= 4 is 44.4 Å². The van der Waals surface area contributed by atoms with Crippen molar-refractivity contribution in [2.45, 2.75) is 25.3 Å². The van der Waals surface area contributed by atoms with Gasteiger partial charge < -0.3 is 4.90 Å². The van der Waals surface area contributed by atoms with Gasteiger partial charge in [-0.1, -0.05) is 0 Å². The quantitative estimate of drug-likeness (QED) is 0.647. The fraction of sp³-hybridized carbons (Fsp3) is 0.533. The average Bonchev–Trinajstić information content (AvgIpc) is 3.10. The van der Waals surface area contributed by atoms with E-state index in [9.17, 15) is 4.79 Å². The number of nitrogens with zero attached hydrogens (tertiary/aromatic N) is 2. The summed E-state index contributed by atoms with van der Waals surface area (Å²) in [6, 6.07) is 6.51. The van der Waals surface area contributed by atoms with E-state index < -0.39 is 0 Å². The van der Waals surface area contributed by atoms with Crippen molar-refractivity contribution in [3.05, 3.63) is 31.8 Å². The predicted octanol–water partition coefficient (Wildman–Crippen LogP) is 3.36. The van der Waals surface area contributed by atoms with Crippen molar-refractivity contribution in [1.82, 2.24) is 9.80 Å². The zero-order chi connectivity index (χ0) is 14.1. The summed E-state index contributed by atoms with van der Waals surface area (Å²) < 4.78 is 2.00. The molecule has 20 heavy (non-hydrogen) atoms. The molecule has 2 fully saturated rings. The second kappa shape index (κ2) is 6.32. The van der Waals surface area contributed by atoms with Crippen LogP contribution in [0.4, 0.5) is 0 Å². The Labute approximate surface area is 142 Å². The van der Waals surface area contributed by atoms with E-state index in [1.165, 1.54) is 25.9 Å². The zero-order valence-electron chi connectivity index (χ0n) is 11.3. The molecule has 5 heteroatoms. The topological polar surface area (TPSA) is 23.6 Å². The number of hydrogen-bond acceptors (Lipinski definition) is 2. The number of rotatable bonds is 2. The summed E-state index contributed by atoms with van der Waals surface area (Å²) in [5.41, 5.74) is 0.791. The van der Waals surface area contributed by atoms with Gasteiger partial charge in [-0.25, -0.2) is 0 Å². The van der Waals surface area contributed by atoms with E-state index >= 15 is 0 Å². The van der Waals surface area contributed by atoms with Crippen LogP contribution in [0.25, 0.3) is 0 Å². The number of hydrogen-bond donors (Lipinski definition) is 0. The summed E-state index contributed by atoms with van der Waals surface area (Å²) in [6.45, 7) is 4.19. The summed E-state index contributed by atoms with van der Waals surface area (Å²) in [4.78, 5) is 17.2. The SMILES string of the molecule is O=C(c1cc(I)ccc1Br)N1CCC(N2CCCC2)C1. The molecule has 2 aliphatic heterocycles. The smallest absolute Gasteiger partial charge is 0.255 e. The van der Waals surface area contributed by atoms with Gasteiger partial charge in [-0.05, 0) is 89.1 Å². The lowest BCUT2D eigenvalue weighted by Crippen LogP contribution is -2.37. The lowest BCUT2D eigenvalue weighted by Gasteiger charge is -2.23. The maximum atomic E-state index is 12.7. The third-order valence-corrected chi connectivity index (χ3v) is 5.63. The molecule has 0 aliphatic carbocycles. The monoisotopic (exact) mass is 448 g/mol. The first kappa shape index (κ1) is 14.8. The Morgan fingerprint density at radius 3 is 2.75 bits per heavy atom. The molecule has 3 nitrogen and oxygen atoms in total. The highest BCUT2D eigenvalue weighted by Crippen LogP contribution is 2.25. The van der Waals surface area contributed by atoms with Gasteiger partial charge in [0.05, 0.1) is 5.56 Å². The Morgan fingerprint density at radius 1 is 1.25 bits per heavy atom. The molecule has 0 saturated carbocycles. The molecule has 1 aromatic rings. The Balaban J connectivity index is 1.70. The van der Waals surface area contributed by atoms with Crippen molar-refractivity contribution in [2.24, 2.45) is 0 Å². The molecule has 2 saturated heterocycles. The van der Waals surface area contributed by atoms with Gasteiger partial charge in [0.25, 0.3) is 5.91 Å². The van der Waals surface area contributed by atoms with Gasteiger partial charge >= 0.3 is 0 Å². The van der Waals surface area contributed by atoms with Gasteiger partial charge in [0.1, 0.15) is 0 Å². The molecule has 0 spiro atoms. The predicted molar refractivity (Wildman–Crippen MR) is 92.0 cm³/mol. The summed E-state index contributed by atoms with van der Waals surface area (Å²) in [6.07, 6.45) is 3.74. The van der Waals surface area contributed by atoms with E-state index in [0.29, 0.717) is 6.04 Å². The van der Waals surface area contributed by atoms with Crippen molar-refractivity contribution < 1.29 is 4.79 Å². The van der Waals surface area contributed by atoms with Crippen molar-refractivity contribution in [3.63, 3.8) is 0 Å². The maximum absolute atomic E-state index is 12.7. The molecule has 1 unspecified atom stereocenters. The van der Waals surface area contributed by atoms with Gasteiger partial charge in [0.2, 0.25) is 0 Å². The molecule has 0 aromatic heterocycles. The Kier molecular flexibility index (Phi) is 4.67. The van der Waals surface area contributed by atoms with Gasteiger partial charge in [0, 0.05) is 27.2 Å². The molecule has 1 aromatic carbocycles. The van der Waals surface area contributed by atoms with Crippen molar-refractivity contribution in [2.75, 3.05) is 26.2 Å².